The Bertz CT molecular complexity index is 664. The maximum atomic E-state index is 6.09. The summed E-state index contributed by atoms with van der Waals surface area (Å²) in [4.78, 5) is 0. The number of halogens is 1. The molecule has 0 radical (unpaired) electrons. The number of ether oxygens (including phenoxy) is 2. The number of rotatable bonds is 5. The SMILES string of the molecule is CCOc1ccccc1NC(=S)Nc1ccc(OC)c(Cl)c1. The van der Waals surface area contributed by atoms with Crippen molar-refractivity contribution in [3.05, 3.63) is 47.5 Å². The van der Waals surface area contributed by atoms with E-state index in [1.807, 2.05) is 37.3 Å². The fraction of sp³-hybridized carbons (Fsp3) is 0.188. The number of hydrogen-bond acceptors (Lipinski definition) is 3. The summed E-state index contributed by atoms with van der Waals surface area (Å²) in [7, 11) is 1.57. The Kier molecular flexibility index (Phi) is 5.86. The number of methoxy groups -OCH3 is 1. The molecule has 0 atom stereocenters. The van der Waals surface area contributed by atoms with Crippen molar-refractivity contribution < 1.29 is 9.47 Å². The van der Waals surface area contributed by atoms with Crippen molar-refractivity contribution >= 4 is 40.3 Å². The second-order valence-electron chi connectivity index (χ2n) is 4.36. The molecule has 0 spiro atoms. The number of nitrogens with one attached hydrogen (secondary N) is 2. The first-order valence-corrected chi connectivity index (χ1v) is 7.56. The summed E-state index contributed by atoms with van der Waals surface area (Å²) in [5.74, 6) is 1.37. The highest BCUT2D eigenvalue weighted by atomic mass is 35.5. The molecular weight excluding hydrogens is 320 g/mol. The molecule has 0 saturated heterocycles. The first-order valence-electron chi connectivity index (χ1n) is 6.77. The Morgan fingerprint density at radius 2 is 1.91 bits per heavy atom. The smallest absolute Gasteiger partial charge is 0.175 e. The third-order valence-corrected chi connectivity index (χ3v) is 3.34. The van der Waals surface area contributed by atoms with Gasteiger partial charge in [-0.25, -0.2) is 0 Å². The van der Waals surface area contributed by atoms with Crippen LogP contribution in [0.25, 0.3) is 0 Å². The summed E-state index contributed by atoms with van der Waals surface area (Å²) in [6.07, 6.45) is 0. The van der Waals surface area contributed by atoms with Crippen molar-refractivity contribution in [3.8, 4) is 11.5 Å². The summed E-state index contributed by atoms with van der Waals surface area (Å²) >= 11 is 11.4. The second kappa shape index (κ2) is 7.87. The average Bonchev–Trinajstić information content (AvgIpc) is 2.49. The third kappa shape index (κ3) is 4.26. The van der Waals surface area contributed by atoms with E-state index in [0.717, 1.165) is 17.1 Å². The Labute approximate surface area is 140 Å². The van der Waals surface area contributed by atoms with E-state index < -0.39 is 0 Å². The molecule has 116 valence electrons. The molecule has 0 aliphatic heterocycles. The minimum absolute atomic E-state index is 0.452. The Morgan fingerprint density at radius 1 is 1.14 bits per heavy atom. The van der Waals surface area contributed by atoms with Gasteiger partial charge in [0, 0.05) is 5.69 Å². The van der Waals surface area contributed by atoms with Crippen LogP contribution in [0.1, 0.15) is 6.92 Å². The standard InChI is InChI=1S/C16H17ClN2O2S/c1-3-21-15-7-5-4-6-13(15)19-16(22)18-11-8-9-14(20-2)12(17)10-11/h4-10H,3H2,1-2H3,(H2,18,19,22). The van der Waals surface area contributed by atoms with Gasteiger partial charge in [0.1, 0.15) is 11.5 Å². The summed E-state index contributed by atoms with van der Waals surface area (Å²) < 4.78 is 10.7. The minimum atomic E-state index is 0.452. The molecule has 0 aliphatic rings. The van der Waals surface area contributed by atoms with Crippen molar-refractivity contribution in [1.82, 2.24) is 0 Å². The highest BCUT2D eigenvalue weighted by Crippen LogP contribution is 2.28. The van der Waals surface area contributed by atoms with Gasteiger partial charge in [0.15, 0.2) is 5.11 Å². The van der Waals surface area contributed by atoms with Crippen molar-refractivity contribution in [2.45, 2.75) is 6.92 Å². The average molecular weight is 337 g/mol. The maximum absolute atomic E-state index is 6.09. The van der Waals surface area contributed by atoms with E-state index in [2.05, 4.69) is 10.6 Å². The molecule has 0 amide bonds. The number of para-hydroxylation sites is 2. The molecule has 0 aromatic heterocycles. The van der Waals surface area contributed by atoms with Crippen LogP contribution in [0.3, 0.4) is 0 Å². The largest absolute Gasteiger partial charge is 0.495 e. The Balaban J connectivity index is 2.06. The zero-order valence-electron chi connectivity index (χ0n) is 12.4. The van der Waals surface area contributed by atoms with Gasteiger partial charge in [-0.1, -0.05) is 23.7 Å². The van der Waals surface area contributed by atoms with Crippen molar-refractivity contribution in [1.29, 1.82) is 0 Å². The molecule has 6 heteroatoms. The lowest BCUT2D eigenvalue weighted by Gasteiger charge is -2.14. The molecule has 0 saturated carbocycles. The van der Waals surface area contributed by atoms with Gasteiger partial charge in [-0.3, -0.25) is 0 Å². The molecule has 4 nitrogen and oxygen atoms in total. The third-order valence-electron chi connectivity index (χ3n) is 2.84. The molecule has 2 aromatic carbocycles. The highest BCUT2D eigenvalue weighted by Gasteiger charge is 2.06. The lowest BCUT2D eigenvalue weighted by atomic mass is 10.3. The Hall–Kier alpha value is -1.98. The van der Waals surface area contributed by atoms with Crippen LogP contribution in [0.2, 0.25) is 5.02 Å². The number of thiocarbonyl (C=S) groups is 1. The minimum Gasteiger partial charge on any atom is -0.495 e. The van der Waals surface area contributed by atoms with E-state index in [1.165, 1.54) is 0 Å². The fourth-order valence-corrected chi connectivity index (χ4v) is 2.37. The molecule has 0 heterocycles. The quantitative estimate of drug-likeness (QED) is 0.784. The normalized spacial score (nSPS) is 9.95. The first kappa shape index (κ1) is 16.4. The molecule has 0 fully saturated rings. The zero-order valence-corrected chi connectivity index (χ0v) is 13.9. The van der Waals surface area contributed by atoms with Crippen molar-refractivity contribution in [2.24, 2.45) is 0 Å². The van der Waals surface area contributed by atoms with Crippen LogP contribution in [0, 0.1) is 0 Å². The van der Waals surface area contributed by atoms with Gasteiger partial charge in [-0.15, -0.1) is 0 Å². The molecule has 2 rings (SSSR count). The number of hydrogen-bond donors (Lipinski definition) is 2. The van der Waals surface area contributed by atoms with E-state index >= 15 is 0 Å². The van der Waals surface area contributed by atoms with Crippen LogP contribution in [0.5, 0.6) is 11.5 Å². The summed E-state index contributed by atoms with van der Waals surface area (Å²) in [6, 6.07) is 13.0. The van der Waals surface area contributed by atoms with Gasteiger partial charge in [-0.2, -0.15) is 0 Å². The highest BCUT2D eigenvalue weighted by molar-refractivity contribution is 7.80. The van der Waals surface area contributed by atoms with E-state index in [9.17, 15) is 0 Å². The number of benzene rings is 2. The molecular formula is C16H17ClN2O2S. The second-order valence-corrected chi connectivity index (χ2v) is 5.17. The monoisotopic (exact) mass is 336 g/mol. The van der Waals surface area contributed by atoms with Crippen molar-refractivity contribution in [3.63, 3.8) is 0 Å². The van der Waals surface area contributed by atoms with Crippen LogP contribution in [-0.4, -0.2) is 18.8 Å². The molecule has 0 unspecified atom stereocenters. The first-order chi connectivity index (χ1) is 10.6. The van der Waals surface area contributed by atoms with E-state index in [1.54, 1.807) is 19.2 Å². The topological polar surface area (TPSA) is 42.5 Å². The van der Waals surface area contributed by atoms with Crippen LogP contribution in [-0.2, 0) is 0 Å². The van der Waals surface area contributed by atoms with Gasteiger partial charge in [0.2, 0.25) is 0 Å². The Morgan fingerprint density at radius 3 is 2.59 bits per heavy atom. The molecule has 0 bridgehead atoms. The van der Waals surface area contributed by atoms with Crippen LogP contribution in [0.15, 0.2) is 42.5 Å². The van der Waals surface area contributed by atoms with Gasteiger partial charge >= 0.3 is 0 Å². The summed E-state index contributed by atoms with van der Waals surface area (Å²) in [6.45, 7) is 2.53. The zero-order chi connectivity index (χ0) is 15.9. The molecule has 22 heavy (non-hydrogen) atoms. The van der Waals surface area contributed by atoms with Gasteiger partial charge in [-0.05, 0) is 49.5 Å². The van der Waals surface area contributed by atoms with Gasteiger partial charge in [0.25, 0.3) is 0 Å². The predicted molar refractivity (Wildman–Crippen MR) is 95.5 cm³/mol. The number of anilines is 2. The van der Waals surface area contributed by atoms with Gasteiger partial charge in [0.05, 0.1) is 24.4 Å². The fourth-order valence-electron chi connectivity index (χ4n) is 1.88. The van der Waals surface area contributed by atoms with Crippen molar-refractivity contribution in [2.75, 3.05) is 24.4 Å². The summed E-state index contributed by atoms with van der Waals surface area (Å²) in [5.41, 5.74) is 1.58. The van der Waals surface area contributed by atoms with Crippen LogP contribution >= 0.6 is 23.8 Å². The van der Waals surface area contributed by atoms with E-state index in [0.29, 0.717) is 22.5 Å². The lowest BCUT2D eigenvalue weighted by Crippen LogP contribution is -2.19. The molecule has 2 N–H and O–H groups in total. The van der Waals surface area contributed by atoms with Gasteiger partial charge < -0.3 is 20.1 Å². The van der Waals surface area contributed by atoms with Crippen LogP contribution < -0.4 is 20.1 Å². The maximum Gasteiger partial charge on any atom is 0.175 e. The van der Waals surface area contributed by atoms with E-state index in [-0.39, 0.29) is 0 Å². The summed E-state index contributed by atoms with van der Waals surface area (Å²) in [5, 5.41) is 7.16. The molecule has 0 aliphatic carbocycles. The van der Waals surface area contributed by atoms with Crippen LogP contribution in [0.4, 0.5) is 11.4 Å². The molecule has 2 aromatic rings. The predicted octanol–water partition coefficient (Wildman–Crippen LogP) is 4.56. The van der Waals surface area contributed by atoms with E-state index in [4.69, 9.17) is 33.3 Å². The lowest BCUT2D eigenvalue weighted by molar-refractivity contribution is 0.342.